The average Bonchev–Trinajstić information content (AvgIpc) is 2.42. The molecule has 0 N–H and O–H groups in total. The molecule has 100 valence electrons. The predicted molar refractivity (Wildman–Crippen MR) is 74.1 cm³/mol. The average molecular weight is 279 g/mol. The van der Waals surface area contributed by atoms with Gasteiger partial charge in [0.2, 0.25) is 11.2 Å². The molecule has 1 aromatic carbocycles. The zero-order chi connectivity index (χ0) is 13.7. The number of aryl methyl sites for hydroxylation is 1. The lowest BCUT2D eigenvalue weighted by Crippen LogP contribution is -1.95. The summed E-state index contributed by atoms with van der Waals surface area (Å²) >= 11 is 5.74. The summed E-state index contributed by atoms with van der Waals surface area (Å²) in [6, 6.07) is 7.40. The highest BCUT2D eigenvalue weighted by atomic mass is 35.5. The molecule has 1 heterocycles. The van der Waals surface area contributed by atoms with Gasteiger partial charge in [-0.05, 0) is 49.2 Å². The van der Waals surface area contributed by atoms with Gasteiger partial charge in [0.05, 0.1) is 6.61 Å². The molecule has 19 heavy (non-hydrogen) atoms. The van der Waals surface area contributed by atoms with Crippen molar-refractivity contribution >= 4 is 11.6 Å². The predicted octanol–water partition coefficient (Wildman–Crippen LogP) is 4.02. The third kappa shape index (κ3) is 3.83. The molecule has 5 heteroatoms. The van der Waals surface area contributed by atoms with Crippen LogP contribution in [0.4, 0.5) is 0 Å². The molecule has 0 bridgehead atoms. The zero-order valence-electron chi connectivity index (χ0n) is 10.9. The van der Waals surface area contributed by atoms with Crippen LogP contribution in [0.25, 0.3) is 0 Å². The van der Waals surface area contributed by atoms with E-state index in [1.54, 1.807) is 6.20 Å². The molecular formula is C14H15ClN2O2. The van der Waals surface area contributed by atoms with E-state index in [1.165, 1.54) is 0 Å². The zero-order valence-corrected chi connectivity index (χ0v) is 11.6. The Kier molecular flexibility index (Phi) is 4.58. The monoisotopic (exact) mass is 278 g/mol. The van der Waals surface area contributed by atoms with Crippen molar-refractivity contribution in [2.45, 2.75) is 20.3 Å². The summed E-state index contributed by atoms with van der Waals surface area (Å²) in [5.74, 6) is 1.97. The Bertz CT molecular complexity index is 544. The van der Waals surface area contributed by atoms with E-state index >= 15 is 0 Å². The summed E-state index contributed by atoms with van der Waals surface area (Å²) in [7, 11) is 0. The molecule has 2 aromatic rings. The van der Waals surface area contributed by atoms with Gasteiger partial charge >= 0.3 is 0 Å². The van der Waals surface area contributed by atoms with Gasteiger partial charge in [-0.2, -0.15) is 4.98 Å². The van der Waals surface area contributed by atoms with Crippen LogP contribution < -0.4 is 9.47 Å². The van der Waals surface area contributed by atoms with Gasteiger partial charge in [0.1, 0.15) is 11.5 Å². The molecule has 1 aromatic heterocycles. The molecule has 0 spiro atoms. The van der Waals surface area contributed by atoms with E-state index in [1.807, 2.05) is 31.2 Å². The first-order valence-electron chi connectivity index (χ1n) is 6.09. The van der Waals surface area contributed by atoms with Gasteiger partial charge in [0.15, 0.2) is 0 Å². The summed E-state index contributed by atoms with van der Waals surface area (Å²) < 4.78 is 11.2. The SMILES string of the molecule is CCCOc1ccc(Oc2nc(Cl)ncc2C)cc1. The highest BCUT2D eigenvalue weighted by Gasteiger charge is 2.05. The summed E-state index contributed by atoms with van der Waals surface area (Å²) in [6.45, 7) is 4.64. The number of ether oxygens (including phenoxy) is 2. The molecule has 0 saturated heterocycles. The largest absolute Gasteiger partial charge is 0.494 e. The quantitative estimate of drug-likeness (QED) is 0.775. The summed E-state index contributed by atoms with van der Waals surface area (Å²) in [6.07, 6.45) is 2.61. The van der Waals surface area contributed by atoms with Crippen LogP contribution in [-0.2, 0) is 0 Å². The minimum Gasteiger partial charge on any atom is -0.494 e. The van der Waals surface area contributed by atoms with Crippen LogP contribution in [0.1, 0.15) is 18.9 Å². The molecule has 0 radical (unpaired) electrons. The third-order valence-corrected chi connectivity index (χ3v) is 2.59. The van der Waals surface area contributed by atoms with Crippen LogP contribution in [0.2, 0.25) is 5.28 Å². The number of hydrogen-bond acceptors (Lipinski definition) is 4. The second kappa shape index (κ2) is 6.38. The molecule has 2 rings (SSSR count). The van der Waals surface area contributed by atoms with E-state index < -0.39 is 0 Å². The number of hydrogen-bond donors (Lipinski definition) is 0. The van der Waals surface area contributed by atoms with Crippen LogP contribution in [0.3, 0.4) is 0 Å². The fourth-order valence-electron chi connectivity index (χ4n) is 1.44. The van der Waals surface area contributed by atoms with Crippen molar-refractivity contribution in [2.24, 2.45) is 0 Å². The second-order valence-electron chi connectivity index (χ2n) is 4.05. The van der Waals surface area contributed by atoms with Crippen molar-refractivity contribution in [1.29, 1.82) is 0 Å². The summed E-state index contributed by atoms with van der Waals surface area (Å²) in [5.41, 5.74) is 0.829. The Labute approximate surface area is 117 Å². The summed E-state index contributed by atoms with van der Waals surface area (Å²) in [4.78, 5) is 7.92. The van der Waals surface area contributed by atoms with E-state index in [9.17, 15) is 0 Å². The van der Waals surface area contributed by atoms with Crippen molar-refractivity contribution in [3.8, 4) is 17.4 Å². The standard InChI is InChI=1S/C14H15ClN2O2/c1-3-8-18-11-4-6-12(7-5-11)19-13-10(2)9-16-14(15)17-13/h4-7,9H,3,8H2,1-2H3. The van der Waals surface area contributed by atoms with E-state index in [-0.39, 0.29) is 5.28 Å². The first-order valence-corrected chi connectivity index (χ1v) is 6.46. The van der Waals surface area contributed by atoms with E-state index in [0.717, 1.165) is 17.7 Å². The maximum absolute atomic E-state index is 5.74. The van der Waals surface area contributed by atoms with Crippen LogP contribution in [-0.4, -0.2) is 16.6 Å². The molecular weight excluding hydrogens is 264 g/mol. The van der Waals surface area contributed by atoms with Gasteiger partial charge in [-0.15, -0.1) is 0 Å². The molecule has 0 aliphatic heterocycles. The van der Waals surface area contributed by atoms with Crippen LogP contribution in [0.5, 0.6) is 17.4 Å². The van der Waals surface area contributed by atoms with Gasteiger partial charge in [-0.1, -0.05) is 6.92 Å². The lowest BCUT2D eigenvalue weighted by Gasteiger charge is -2.08. The fourth-order valence-corrected chi connectivity index (χ4v) is 1.57. The molecule has 0 amide bonds. The molecule has 0 fully saturated rings. The van der Waals surface area contributed by atoms with Crippen LogP contribution >= 0.6 is 11.6 Å². The lowest BCUT2D eigenvalue weighted by atomic mass is 10.3. The van der Waals surface area contributed by atoms with Gasteiger partial charge in [-0.25, -0.2) is 4.98 Å². The second-order valence-corrected chi connectivity index (χ2v) is 4.39. The summed E-state index contributed by atoms with van der Waals surface area (Å²) in [5, 5.41) is 0.170. The highest BCUT2D eigenvalue weighted by molar-refractivity contribution is 6.28. The molecule has 0 aliphatic rings. The molecule has 4 nitrogen and oxygen atoms in total. The highest BCUT2D eigenvalue weighted by Crippen LogP contribution is 2.25. The van der Waals surface area contributed by atoms with Gasteiger partial charge < -0.3 is 9.47 Å². The van der Waals surface area contributed by atoms with Crippen molar-refractivity contribution in [1.82, 2.24) is 9.97 Å². The van der Waals surface area contributed by atoms with Crippen molar-refractivity contribution < 1.29 is 9.47 Å². The minimum atomic E-state index is 0.170. The van der Waals surface area contributed by atoms with Gasteiger partial charge in [-0.3, -0.25) is 0 Å². The normalized spacial score (nSPS) is 10.3. The fraction of sp³-hybridized carbons (Fsp3) is 0.286. The van der Waals surface area contributed by atoms with Crippen molar-refractivity contribution in [2.75, 3.05) is 6.61 Å². The van der Waals surface area contributed by atoms with Gasteiger partial charge in [0, 0.05) is 11.8 Å². The minimum absolute atomic E-state index is 0.170. The lowest BCUT2D eigenvalue weighted by molar-refractivity contribution is 0.317. The molecule has 0 aliphatic carbocycles. The number of nitrogens with zero attached hydrogens (tertiary/aromatic N) is 2. The molecule has 0 saturated carbocycles. The van der Waals surface area contributed by atoms with Crippen molar-refractivity contribution in [3.63, 3.8) is 0 Å². The smallest absolute Gasteiger partial charge is 0.226 e. The first-order chi connectivity index (χ1) is 9.19. The van der Waals surface area contributed by atoms with Crippen molar-refractivity contribution in [3.05, 3.63) is 41.3 Å². The Morgan fingerprint density at radius 1 is 1.16 bits per heavy atom. The Morgan fingerprint density at radius 3 is 2.53 bits per heavy atom. The number of halogens is 1. The Hall–Kier alpha value is -1.81. The van der Waals surface area contributed by atoms with Crippen LogP contribution in [0, 0.1) is 6.92 Å². The van der Waals surface area contributed by atoms with E-state index in [4.69, 9.17) is 21.1 Å². The first kappa shape index (κ1) is 13.6. The topological polar surface area (TPSA) is 44.2 Å². The maximum atomic E-state index is 5.74. The molecule has 0 unspecified atom stereocenters. The Morgan fingerprint density at radius 2 is 1.84 bits per heavy atom. The number of benzene rings is 1. The third-order valence-electron chi connectivity index (χ3n) is 2.41. The maximum Gasteiger partial charge on any atom is 0.226 e. The van der Waals surface area contributed by atoms with Gasteiger partial charge in [0.25, 0.3) is 0 Å². The van der Waals surface area contributed by atoms with E-state index in [2.05, 4.69) is 16.9 Å². The number of rotatable bonds is 5. The Balaban J connectivity index is 2.08. The van der Waals surface area contributed by atoms with Crippen LogP contribution in [0.15, 0.2) is 30.5 Å². The van der Waals surface area contributed by atoms with E-state index in [0.29, 0.717) is 18.2 Å². The molecule has 0 atom stereocenters. The number of aromatic nitrogens is 2.